The zero-order valence-corrected chi connectivity index (χ0v) is 13.0. The van der Waals surface area contributed by atoms with Gasteiger partial charge in [0, 0.05) is 19.3 Å². The summed E-state index contributed by atoms with van der Waals surface area (Å²) < 4.78 is 1.85. The van der Waals surface area contributed by atoms with Crippen molar-refractivity contribution < 1.29 is 0 Å². The number of anilines is 1. The van der Waals surface area contributed by atoms with Gasteiger partial charge in [-0.2, -0.15) is 5.10 Å². The predicted octanol–water partition coefficient (Wildman–Crippen LogP) is 4.24. The minimum absolute atomic E-state index is 0.290. The molecule has 2 rings (SSSR count). The molecule has 0 spiro atoms. The zero-order chi connectivity index (χ0) is 14.5. The maximum Gasteiger partial charge on any atom is 0.0825 e. The van der Waals surface area contributed by atoms with E-state index >= 15 is 0 Å². The minimum atomic E-state index is 0.290. The van der Waals surface area contributed by atoms with E-state index < -0.39 is 0 Å². The molecule has 0 radical (unpaired) electrons. The molecule has 1 heterocycles. The lowest BCUT2D eigenvalue weighted by Gasteiger charge is -2.15. The Labute approximate surface area is 122 Å². The standard InChI is InChI=1S/C17H25N3/c1-5-6-7-15-8-10-16(11-9-15)13(2)18-17-12-20(4)19-14(17)3/h8-13,18H,5-7H2,1-4H3. The highest BCUT2D eigenvalue weighted by Gasteiger charge is 2.09. The number of hydrogen-bond donors (Lipinski definition) is 1. The lowest BCUT2D eigenvalue weighted by molar-refractivity contribution is 0.756. The van der Waals surface area contributed by atoms with E-state index in [9.17, 15) is 0 Å². The highest BCUT2D eigenvalue weighted by molar-refractivity contribution is 5.47. The Balaban J connectivity index is 2.01. The third-order valence-corrected chi connectivity index (χ3v) is 3.68. The molecule has 0 aliphatic heterocycles. The van der Waals surface area contributed by atoms with Crippen molar-refractivity contribution in [2.45, 2.75) is 46.1 Å². The quantitative estimate of drug-likeness (QED) is 0.851. The van der Waals surface area contributed by atoms with Gasteiger partial charge in [-0.1, -0.05) is 37.6 Å². The van der Waals surface area contributed by atoms with Crippen molar-refractivity contribution in [1.29, 1.82) is 0 Å². The number of aromatic nitrogens is 2. The summed E-state index contributed by atoms with van der Waals surface area (Å²) in [5, 5.41) is 7.89. The van der Waals surface area contributed by atoms with Crippen LogP contribution in [0.15, 0.2) is 30.5 Å². The summed E-state index contributed by atoms with van der Waals surface area (Å²) in [4.78, 5) is 0. The van der Waals surface area contributed by atoms with Gasteiger partial charge in [-0.25, -0.2) is 0 Å². The van der Waals surface area contributed by atoms with Crippen molar-refractivity contribution in [3.8, 4) is 0 Å². The zero-order valence-electron chi connectivity index (χ0n) is 13.0. The lowest BCUT2D eigenvalue weighted by Crippen LogP contribution is -2.07. The average molecular weight is 271 g/mol. The summed E-state index contributed by atoms with van der Waals surface area (Å²) in [5.74, 6) is 0. The molecule has 0 fully saturated rings. The molecular weight excluding hydrogens is 246 g/mol. The number of aryl methyl sites for hydroxylation is 3. The fourth-order valence-corrected chi connectivity index (χ4v) is 2.41. The van der Waals surface area contributed by atoms with Crippen molar-refractivity contribution in [1.82, 2.24) is 9.78 Å². The van der Waals surface area contributed by atoms with E-state index in [1.54, 1.807) is 0 Å². The van der Waals surface area contributed by atoms with Crippen LogP contribution in [0.2, 0.25) is 0 Å². The molecule has 1 N–H and O–H groups in total. The molecule has 0 amide bonds. The fraction of sp³-hybridized carbons (Fsp3) is 0.471. The normalized spacial score (nSPS) is 12.4. The van der Waals surface area contributed by atoms with Crippen LogP contribution < -0.4 is 5.32 Å². The van der Waals surface area contributed by atoms with E-state index in [0.29, 0.717) is 0 Å². The summed E-state index contributed by atoms with van der Waals surface area (Å²) in [5.41, 5.74) is 4.89. The van der Waals surface area contributed by atoms with Crippen molar-refractivity contribution in [3.05, 3.63) is 47.3 Å². The first-order chi connectivity index (χ1) is 9.60. The van der Waals surface area contributed by atoms with Gasteiger partial charge in [-0.3, -0.25) is 4.68 Å². The second-order valence-electron chi connectivity index (χ2n) is 5.51. The fourth-order valence-electron chi connectivity index (χ4n) is 2.41. The van der Waals surface area contributed by atoms with Gasteiger partial charge in [0.2, 0.25) is 0 Å². The molecule has 20 heavy (non-hydrogen) atoms. The van der Waals surface area contributed by atoms with E-state index in [1.807, 2.05) is 24.9 Å². The van der Waals surface area contributed by atoms with Crippen LogP contribution in [0.25, 0.3) is 0 Å². The highest BCUT2D eigenvalue weighted by Crippen LogP contribution is 2.21. The Kier molecular flexibility index (Phi) is 4.83. The van der Waals surface area contributed by atoms with E-state index in [4.69, 9.17) is 0 Å². The Hall–Kier alpha value is -1.77. The topological polar surface area (TPSA) is 29.9 Å². The third-order valence-electron chi connectivity index (χ3n) is 3.68. The van der Waals surface area contributed by atoms with Crippen LogP contribution in [0.3, 0.4) is 0 Å². The van der Waals surface area contributed by atoms with Gasteiger partial charge in [0.25, 0.3) is 0 Å². The predicted molar refractivity (Wildman–Crippen MR) is 85.0 cm³/mol. The molecule has 1 aromatic heterocycles. The molecule has 108 valence electrons. The van der Waals surface area contributed by atoms with Crippen LogP contribution in [-0.4, -0.2) is 9.78 Å². The Bertz CT molecular complexity index is 540. The first-order valence-electron chi connectivity index (χ1n) is 7.45. The maximum atomic E-state index is 4.36. The molecule has 0 aliphatic carbocycles. The van der Waals surface area contributed by atoms with E-state index in [1.165, 1.54) is 30.4 Å². The number of hydrogen-bond acceptors (Lipinski definition) is 2. The van der Waals surface area contributed by atoms with Crippen LogP contribution in [0.4, 0.5) is 5.69 Å². The minimum Gasteiger partial charge on any atom is -0.376 e. The van der Waals surface area contributed by atoms with E-state index in [2.05, 4.69) is 48.5 Å². The third kappa shape index (κ3) is 3.62. The van der Waals surface area contributed by atoms with Crippen LogP contribution in [0.5, 0.6) is 0 Å². The number of benzene rings is 1. The molecule has 0 saturated heterocycles. The van der Waals surface area contributed by atoms with Gasteiger partial charge in [0.1, 0.15) is 0 Å². The SMILES string of the molecule is CCCCc1ccc(C(C)Nc2cn(C)nc2C)cc1. The van der Waals surface area contributed by atoms with Gasteiger partial charge >= 0.3 is 0 Å². The van der Waals surface area contributed by atoms with Gasteiger partial charge in [0.05, 0.1) is 11.4 Å². The van der Waals surface area contributed by atoms with Crippen LogP contribution in [0, 0.1) is 6.92 Å². The largest absolute Gasteiger partial charge is 0.376 e. The van der Waals surface area contributed by atoms with Crippen LogP contribution >= 0.6 is 0 Å². The summed E-state index contributed by atoms with van der Waals surface area (Å²) in [6.07, 6.45) is 5.73. The van der Waals surface area contributed by atoms with E-state index in [-0.39, 0.29) is 6.04 Å². The number of unbranched alkanes of at least 4 members (excludes halogenated alkanes) is 1. The van der Waals surface area contributed by atoms with E-state index in [0.717, 1.165) is 11.4 Å². The van der Waals surface area contributed by atoms with Crippen molar-refractivity contribution in [2.24, 2.45) is 7.05 Å². The molecule has 3 nitrogen and oxygen atoms in total. The molecule has 2 aromatic rings. The Morgan fingerprint density at radius 2 is 1.95 bits per heavy atom. The average Bonchev–Trinajstić information content (AvgIpc) is 2.75. The monoisotopic (exact) mass is 271 g/mol. The summed E-state index contributed by atoms with van der Waals surface area (Å²) in [6.45, 7) is 6.45. The molecule has 1 atom stereocenters. The first-order valence-corrected chi connectivity index (χ1v) is 7.45. The van der Waals surface area contributed by atoms with Crippen molar-refractivity contribution in [2.75, 3.05) is 5.32 Å². The second kappa shape index (κ2) is 6.60. The first kappa shape index (κ1) is 14.6. The molecule has 0 saturated carbocycles. The number of nitrogens with one attached hydrogen (secondary N) is 1. The van der Waals surface area contributed by atoms with Crippen molar-refractivity contribution in [3.63, 3.8) is 0 Å². The molecule has 3 heteroatoms. The van der Waals surface area contributed by atoms with Crippen LogP contribution in [-0.2, 0) is 13.5 Å². The van der Waals surface area contributed by atoms with Crippen LogP contribution in [0.1, 0.15) is 49.6 Å². The number of rotatable bonds is 6. The Morgan fingerprint density at radius 3 is 2.50 bits per heavy atom. The highest BCUT2D eigenvalue weighted by atomic mass is 15.3. The maximum absolute atomic E-state index is 4.36. The summed E-state index contributed by atoms with van der Waals surface area (Å²) >= 11 is 0. The molecule has 0 aliphatic rings. The molecule has 1 unspecified atom stereocenters. The number of nitrogens with zero attached hydrogens (tertiary/aromatic N) is 2. The van der Waals surface area contributed by atoms with Gasteiger partial charge < -0.3 is 5.32 Å². The smallest absolute Gasteiger partial charge is 0.0825 e. The summed E-state index contributed by atoms with van der Waals surface area (Å²) in [6, 6.07) is 9.25. The second-order valence-corrected chi connectivity index (χ2v) is 5.51. The summed E-state index contributed by atoms with van der Waals surface area (Å²) in [7, 11) is 1.95. The molecule has 1 aromatic carbocycles. The van der Waals surface area contributed by atoms with Gasteiger partial charge in [0.15, 0.2) is 0 Å². The Morgan fingerprint density at radius 1 is 1.25 bits per heavy atom. The van der Waals surface area contributed by atoms with Gasteiger partial charge in [-0.05, 0) is 37.8 Å². The van der Waals surface area contributed by atoms with Crippen molar-refractivity contribution >= 4 is 5.69 Å². The van der Waals surface area contributed by atoms with Gasteiger partial charge in [-0.15, -0.1) is 0 Å². The molecule has 0 bridgehead atoms. The lowest BCUT2D eigenvalue weighted by atomic mass is 10.0. The molecular formula is C17H25N3.